The zero-order chi connectivity index (χ0) is 9.42. The van der Waals surface area contributed by atoms with Crippen LogP contribution in [-0.4, -0.2) is 36.6 Å². The molecule has 3 heteroatoms. The first-order valence-corrected chi connectivity index (χ1v) is 4.75. The number of amides is 1. The molecular formula is C10H15NO2. The van der Waals surface area contributed by atoms with Gasteiger partial charge in [0.2, 0.25) is 5.91 Å². The van der Waals surface area contributed by atoms with Crippen molar-refractivity contribution in [3.63, 3.8) is 0 Å². The summed E-state index contributed by atoms with van der Waals surface area (Å²) in [6.07, 6.45) is 1.33. The molecular weight excluding hydrogens is 166 g/mol. The first-order chi connectivity index (χ1) is 6.18. The highest BCUT2D eigenvalue weighted by molar-refractivity contribution is 5.94. The molecule has 0 aromatic carbocycles. The third-order valence-corrected chi connectivity index (χ3v) is 2.83. The van der Waals surface area contributed by atoms with Gasteiger partial charge in [-0.2, -0.15) is 0 Å². The predicted octanol–water partition coefficient (Wildman–Crippen LogP) is 0.954. The topological polar surface area (TPSA) is 32.8 Å². The van der Waals surface area contributed by atoms with E-state index in [9.17, 15) is 4.79 Å². The highest BCUT2D eigenvalue weighted by Crippen LogP contribution is 2.20. The molecule has 0 aliphatic carbocycles. The zero-order valence-electron chi connectivity index (χ0n) is 8.17. The van der Waals surface area contributed by atoms with Crippen molar-refractivity contribution in [2.45, 2.75) is 26.4 Å². The number of hydrogen-bond acceptors (Lipinski definition) is 2. The van der Waals surface area contributed by atoms with E-state index in [1.54, 1.807) is 0 Å². The van der Waals surface area contributed by atoms with E-state index in [1.807, 2.05) is 18.7 Å². The molecule has 0 radical (unpaired) electrons. The second kappa shape index (κ2) is 3.14. The Bertz CT molecular complexity index is 266. The monoisotopic (exact) mass is 181 g/mol. The molecule has 72 valence electrons. The molecule has 0 spiro atoms. The molecule has 13 heavy (non-hydrogen) atoms. The Hall–Kier alpha value is -0.830. The van der Waals surface area contributed by atoms with Gasteiger partial charge in [0.05, 0.1) is 12.7 Å². The van der Waals surface area contributed by atoms with Crippen molar-refractivity contribution < 1.29 is 9.53 Å². The lowest BCUT2D eigenvalue weighted by Crippen LogP contribution is -2.38. The summed E-state index contributed by atoms with van der Waals surface area (Å²) in [6.45, 7) is 6.42. The standard InChI is InChI=1S/C10H15NO2/c1-7-3-4-11(5-9-6-13-9)10(12)8(7)2/h9H,3-6H2,1-2H3. The summed E-state index contributed by atoms with van der Waals surface area (Å²) in [4.78, 5) is 13.6. The largest absolute Gasteiger partial charge is 0.371 e. The highest BCUT2D eigenvalue weighted by atomic mass is 16.6. The van der Waals surface area contributed by atoms with Gasteiger partial charge in [-0.15, -0.1) is 0 Å². The Morgan fingerprint density at radius 1 is 1.54 bits per heavy atom. The molecule has 0 aromatic rings. The highest BCUT2D eigenvalue weighted by Gasteiger charge is 2.30. The van der Waals surface area contributed by atoms with Crippen LogP contribution in [0.2, 0.25) is 0 Å². The summed E-state index contributed by atoms with van der Waals surface area (Å²) < 4.78 is 5.11. The van der Waals surface area contributed by atoms with Gasteiger partial charge >= 0.3 is 0 Å². The van der Waals surface area contributed by atoms with Crippen LogP contribution in [0.5, 0.6) is 0 Å². The minimum Gasteiger partial charge on any atom is -0.371 e. The van der Waals surface area contributed by atoms with Gasteiger partial charge in [0.15, 0.2) is 0 Å². The van der Waals surface area contributed by atoms with Crippen molar-refractivity contribution in [3.05, 3.63) is 11.1 Å². The van der Waals surface area contributed by atoms with Crippen molar-refractivity contribution in [2.24, 2.45) is 0 Å². The van der Waals surface area contributed by atoms with Crippen LogP contribution in [0.4, 0.5) is 0 Å². The van der Waals surface area contributed by atoms with E-state index in [0.717, 1.165) is 31.7 Å². The van der Waals surface area contributed by atoms with Crippen LogP contribution < -0.4 is 0 Å². The lowest BCUT2D eigenvalue weighted by atomic mass is 10.0. The van der Waals surface area contributed by atoms with E-state index in [2.05, 4.69) is 0 Å². The molecule has 2 heterocycles. The normalized spacial score (nSPS) is 28.3. The van der Waals surface area contributed by atoms with Crippen LogP contribution in [-0.2, 0) is 9.53 Å². The maximum Gasteiger partial charge on any atom is 0.249 e. The molecule has 0 bridgehead atoms. The van der Waals surface area contributed by atoms with E-state index in [-0.39, 0.29) is 5.91 Å². The minimum atomic E-state index is 0.194. The Morgan fingerprint density at radius 2 is 2.23 bits per heavy atom. The number of nitrogens with zero attached hydrogens (tertiary/aromatic N) is 1. The molecule has 1 atom stereocenters. The summed E-state index contributed by atoms with van der Waals surface area (Å²) in [5.41, 5.74) is 2.16. The average molecular weight is 181 g/mol. The van der Waals surface area contributed by atoms with E-state index >= 15 is 0 Å². The van der Waals surface area contributed by atoms with Crippen molar-refractivity contribution in [3.8, 4) is 0 Å². The molecule has 0 N–H and O–H groups in total. The van der Waals surface area contributed by atoms with E-state index in [0.29, 0.717) is 6.10 Å². The van der Waals surface area contributed by atoms with Gasteiger partial charge in [0.25, 0.3) is 0 Å². The summed E-state index contributed by atoms with van der Waals surface area (Å²) in [5.74, 6) is 0.194. The summed E-state index contributed by atoms with van der Waals surface area (Å²) in [5, 5.41) is 0. The molecule has 1 fully saturated rings. The molecule has 0 saturated carbocycles. The van der Waals surface area contributed by atoms with Crippen molar-refractivity contribution >= 4 is 5.91 Å². The molecule has 1 unspecified atom stereocenters. The first kappa shape index (κ1) is 8.75. The average Bonchev–Trinajstić information content (AvgIpc) is 2.90. The SMILES string of the molecule is CC1=C(C)C(=O)N(CC2CO2)CC1. The van der Waals surface area contributed by atoms with Gasteiger partial charge in [0, 0.05) is 18.7 Å². The molecule has 3 nitrogen and oxygen atoms in total. The van der Waals surface area contributed by atoms with E-state index < -0.39 is 0 Å². The Balaban J connectivity index is 2.03. The van der Waals surface area contributed by atoms with Crippen LogP contribution >= 0.6 is 0 Å². The fourth-order valence-electron chi connectivity index (χ4n) is 1.60. The quantitative estimate of drug-likeness (QED) is 0.594. The predicted molar refractivity (Wildman–Crippen MR) is 49.3 cm³/mol. The van der Waals surface area contributed by atoms with Gasteiger partial charge in [-0.1, -0.05) is 5.57 Å². The van der Waals surface area contributed by atoms with Crippen LogP contribution in [0.3, 0.4) is 0 Å². The fourth-order valence-corrected chi connectivity index (χ4v) is 1.60. The number of carbonyl (C=O) groups excluding carboxylic acids is 1. The lowest BCUT2D eigenvalue weighted by molar-refractivity contribution is -0.128. The van der Waals surface area contributed by atoms with Gasteiger partial charge in [-0.25, -0.2) is 0 Å². The second-order valence-corrected chi connectivity index (χ2v) is 3.86. The minimum absolute atomic E-state index is 0.194. The van der Waals surface area contributed by atoms with Gasteiger partial charge in [0.1, 0.15) is 0 Å². The smallest absolute Gasteiger partial charge is 0.249 e. The van der Waals surface area contributed by atoms with Crippen LogP contribution in [0.15, 0.2) is 11.1 Å². The van der Waals surface area contributed by atoms with Gasteiger partial charge in [-0.3, -0.25) is 4.79 Å². The molecule has 1 amide bonds. The van der Waals surface area contributed by atoms with Crippen molar-refractivity contribution in [1.29, 1.82) is 0 Å². The third-order valence-electron chi connectivity index (χ3n) is 2.83. The van der Waals surface area contributed by atoms with Crippen molar-refractivity contribution in [1.82, 2.24) is 4.90 Å². The number of epoxide rings is 1. The number of rotatable bonds is 2. The molecule has 1 saturated heterocycles. The number of hydrogen-bond donors (Lipinski definition) is 0. The molecule has 2 rings (SSSR count). The summed E-state index contributed by atoms with van der Waals surface area (Å²) in [6, 6.07) is 0. The number of ether oxygens (including phenoxy) is 1. The zero-order valence-corrected chi connectivity index (χ0v) is 8.17. The molecule has 2 aliphatic heterocycles. The van der Waals surface area contributed by atoms with Crippen LogP contribution in [0.1, 0.15) is 20.3 Å². The van der Waals surface area contributed by atoms with Crippen molar-refractivity contribution in [2.75, 3.05) is 19.7 Å². The molecule has 0 aromatic heterocycles. The first-order valence-electron chi connectivity index (χ1n) is 4.75. The van der Waals surface area contributed by atoms with Crippen LogP contribution in [0, 0.1) is 0 Å². The summed E-state index contributed by atoms with van der Waals surface area (Å²) >= 11 is 0. The van der Waals surface area contributed by atoms with Gasteiger partial charge in [-0.05, 0) is 20.3 Å². The maximum absolute atomic E-state index is 11.7. The number of carbonyl (C=O) groups is 1. The van der Waals surface area contributed by atoms with E-state index in [1.165, 1.54) is 5.57 Å². The fraction of sp³-hybridized carbons (Fsp3) is 0.700. The Kier molecular flexibility index (Phi) is 2.12. The maximum atomic E-state index is 11.7. The lowest BCUT2D eigenvalue weighted by Gasteiger charge is -2.27. The Labute approximate surface area is 78.4 Å². The van der Waals surface area contributed by atoms with Gasteiger partial charge < -0.3 is 9.64 Å². The van der Waals surface area contributed by atoms with Crippen LogP contribution in [0.25, 0.3) is 0 Å². The molecule has 2 aliphatic rings. The summed E-state index contributed by atoms with van der Waals surface area (Å²) in [7, 11) is 0. The third kappa shape index (κ3) is 1.75. The Morgan fingerprint density at radius 3 is 2.85 bits per heavy atom. The van der Waals surface area contributed by atoms with E-state index in [4.69, 9.17) is 4.74 Å². The second-order valence-electron chi connectivity index (χ2n) is 3.86.